The Bertz CT molecular complexity index is 1240. The number of nitrogens with two attached hydrogens (primary N) is 3. The van der Waals surface area contributed by atoms with E-state index in [1.165, 1.54) is 6.92 Å². The first kappa shape index (κ1) is 31.7. The molecule has 0 spiro atoms. The fourth-order valence-electron chi connectivity index (χ4n) is 3.93. The number of carbonyl (C=O) groups excluding carboxylic acids is 5. The molecule has 0 aliphatic carbocycles. The van der Waals surface area contributed by atoms with Gasteiger partial charge in [0, 0.05) is 29.9 Å². The largest absolute Gasteiger partial charge is 0.480 e. The fourth-order valence-corrected chi connectivity index (χ4v) is 3.93. The van der Waals surface area contributed by atoms with Crippen molar-refractivity contribution in [3.8, 4) is 0 Å². The molecule has 5 amide bonds. The Hall–Kier alpha value is -4.50. The lowest BCUT2D eigenvalue weighted by atomic mass is 10.0. The lowest BCUT2D eigenvalue weighted by Crippen LogP contribution is -2.60. The Balaban J connectivity index is 2.13. The average Bonchev–Trinajstić information content (AvgIpc) is 3.29. The van der Waals surface area contributed by atoms with Gasteiger partial charge in [-0.25, -0.2) is 4.79 Å². The van der Waals surface area contributed by atoms with E-state index in [0.29, 0.717) is 0 Å². The van der Waals surface area contributed by atoms with E-state index in [9.17, 15) is 39.0 Å². The molecule has 40 heavy (non-hydrogen) atoms. The second-order valence-electron chi connectivity index (χ2n) is 9.37. The quantitative estimate of drug-likeness (QED) is 0.104. The first-order valence-electron chi connectivity index (χ1n) is 12.5. The van der Waals surface area contributed by atoms with Crippen LogP contribution in [-0.4, -0.2) is 81.0 Å². The number of nitrogens with one attached hydrogen (secondary N) is 4. The lowest BCUT2D eigenvalue weighted by molar-refractivity contribution is -0.143. The standard InChI is InChI=1S/C25H35N7O8/c1-12(33)21(24(38)31-18(25(39)40)7-9-20(28)35)32-23(37)17(6-8-19(27)34)30-22(36)15(26)10-13-11-29-16-5-3-2-4-14(13)16/h2-5,11-12,15,17-18,21,29,33H,6-10,26H2,1H3,(H2,27,34)(H2,28,35)(H,30,36)(H,31,38)(H,32,37)(H,39,40). The number of aromatic amines is 1. The molecule has 0 radical (unpaired) electrons. The number of aliphatic hydroxyl groups is 1. The number of primary amides is 2. The van der Waals surface area contributed by atoms with Crippen molar-refractivity contribution in [2.24, 2.45) is 17.2 Å². The van der Waals surface area contributed by atoms with E-state index in [2.05, 4.69) is 20.9 Å². The summed E-state index contributed by atoms with van der Waals surface area (Å²) in [6, 6.07) is 1.79. The lowest BCUT2D eigenvalue weighted by Gasteiger charge is -2.26. The number of hydrogen-bond donors (Lipinski definition) is 9. The number of H-pyrrole nitrogens is 1. The molecule has 0 saturated carbocycles. The number of aliphatic carboxylic acids is 1. The van der Waals surface area contributed by atoms with Crippen LogP contribution in [0, 0.1) is 0 Å². The molecule has 12 N–H and O–H groups in total. The van der Waals surface area contributed by atoms with Gasteiger partial charge in [0.15, 0.2) is 0 Å². The molecule has 15 heteroatoms. The van der Waals surface area contributed by atoms with Crippen LogP contribution in [0.25, 0.3) is 10.9 Å². The Morgan fingerprint density at radius 1 is 0.875 bits per heavy atom. The second-order valence-corrected chi connectivity index (χ2v) is 9.37. The maximum atomic E-state index is 13.1. The number of rotatable bonds is 16. The van der Waals surface area contributed by atoms with Crippen LogP contribution in [0.2, 0.25) is 0 Å². The van der Waals surface area contributed by atoms with E-state index in [4.69, 9.17) is 17.2 Å². The van der Waals surface area contributed by atoms with Gasteiger partial charge in [-0.05, 0) is 37.8 Å². The van der Waals surface area contributed by atoms with Gasteiger partial charge in [0.1, 0.15) is 18.1 Å². The van der Waals surface area contributed by atoms with Crippen LogP contribution in [0.5, 0.6) is 0 Å². The summed E-state index contributed by atoms with van der Waals surface area (Å²) >= 11 is 0. The summed E-state index contributed by atoms with van der Waals surface area (Å²) in [6.07, 6.45) is -0.834. The molecule has 0 aliphatic heterocycles. The Morgan fingerprint density at radius 3 is 2.02 bits per heavy atom. The van der Waals surface area contributed by atoms with Gasteiger partial charge in [-0.3, -0.25) is 24.0 Å². The fraction of sp³-hybridized carbons (Fsp3) is 0.440. The van der Waals surface area contributed by atoms with Crippen molar-refractivity contribution in [3.63, 3.8) is 0 Å². The Labute approximate surface area is 229 Å². The predicted molar refractivity (Wildman–Crippen MR) is 142 cm³/mol. The molecule has 218 valence electrons. The maximum Gasteiger partial charge on any atom is 0.326 e. The number of aromatic nitrogens is 1. The molecule has 1 heterocycles. The molecule has 2 rings (SSSR count). The van der Waals surface area contributed by atoms with E-state index in [0.717, 1.165) is 16.5 Å². The topological polar surface area (TPSA) is 273 Å². The number of carboxylic acid groups (broad SMARTS) is 1. The first-order chi connectivity index (χ1) is 18.8. The minimum absolute atomic E-state index is 0.126. The van der Waals surface area contributed by atoms with Crippen molar-refractivity contribution in [2.75, 3.05) is 0 Å². The molecule has 0 bridgehead atoms. The zero-order valence-electron chi connectivity index (χ0n) is 21.9. The summed E-state index contributed by atoms with van der Waals surface area (Å²) in [5.41, 5.74) is 17.9. The van der Waals surface area contributed by atoms with Crippen LogP contribution in [0.3, 0.4) is 0 Å². The molecule has 1 aromatic carbocycles. The summed E-state index contributed by atoms with van der Waals surface area (Å²) in [4.78, 5) is 75.6. The van der Waals surface area contributed by atoms with E-state index in [1.807, 2.05) is 24.3 Å². The summed E-state index contributed by atoms with van der Waals surface area (Å²) in [5.74, 6) is -5.71. The number of carbonyl (C=O) groups is 6. The third-order valence-corrected chi connectivity index (χ3v) is 6.12. The van der Waals surface area contributed by atoms with Gasteiger partial charge >= 0.3 is 5.97 Å². The molecule has 0 aliphatic rings. The van der Waals surface area contributed by atoms with Gasteiger partial charge < -0.3 is 48.3 Å². The van der Waals surface area contributed by atoms with Gasteiger partial charge in [-0.15, -0.1) is 0 Å². The van der Waals surface area contributed by atoms with Crippen LogP contribution in [-0.2, 0) is 35.2 Å². The van der Waals surface area contributed by atoms with Crippen molar-refractivity contribution in [1.29, 1.82) is 0 Å². The van der Waals surface area contributed by atoms with Crippen LogP contribution in [0.15, 0.2) is 30.5 Å². The Kier molecular flexibility index (Phi) is 11.6. The third kappa shape index (κ3) is 9.36. The summed E-state index contributed by atoms with van der Waals surface area (Å²) < 4.78 is 0. The maximum absolute atomic E-state index is 13.1. The molecule has 15 nitrogen and oxygen atoms in total. The molecule has 5 unspecified atom stereocenters. The third-order valence-electron chi connectivity index (χ3n) is 6.12. The monoisotopic (exact) mass is 561 g/mol. The van der Waals surface area contributed by atoms with Crippen LogP contribution < -0.4 is 33.2 Å². The second kappa shape index (κ2) is 14.6. The SMILES string of the molecule is CC(O)C(NC(=O)C(CCC(N)=O)NC(=O)C(N)Cc1c[nH]c2ccccc12)C(=O)NC(CCC(N)=O)C(=O)O. The minimum Gasteiger partial charge on any atom is -0.480 e. The van der Waals surface area contributed by atoms with Crippen molar-refractivity contribution in [2.45, 2.75) is 69.3 Å². The number of aliphatic hydroxyl groups excluding tert-OH is 1. The zero-order valence-corrected chi connectivity index (χ0v) is 21.9. The average molecular weight is 562 g/mol. The zero-order chi connectivity index (χ0) is 30.0. The molecule has 5 atom stereocenters. The molecule has 2 aromatic rings. The van der Waals surface area contributed by atoms with Crippen LogP contribution >= 0.6 is 0 Å². The van der Waals surface area contributed by atoms with E-state index >= 15 is 0 Å². The van der Waals surface area contributed by atoms with Crippen molar-refractivity contribution >= 4 is 46.4 Å². The van der Waals surface area contributed by atoms with Gasteiger partial charge in [0.25, 0.3) is 0 Å². The van der Waals surface area contributed by atoms with Crippen LogP contribution in [0.1, 0.15) is 38.2 Å². The van der Waals surface area contributed by atoms with Crippen molar-refractivity contribution in [1.82, 2.24) is 20.9 Å². The van der Waals surface area contributed by atoms with Gasteiger partial charge in [-0.2, -0.15) is 0 Å². The highest BCUT2D eigenvalue weighted by atomic mass is 16.4. The summed E-state index contributed by atoms with van der Waals surface area (Å²) in [5, 5.41) is 27.2. The highest BCUT2D eigenvalue weighted by Gasteiger charge is 2.33. The number of fused-ring (bicyclic) bond motifs is 1. The summed E-state index contributed by atoms with van der Waals surface area (Å²) in [7, 11) is 0. The smallest absolute Gasteiger partial charge is 0.326 e. The van der Waals surface area contributed by atoms with Crippen molar-refractivity contribution < 1.29 is 39.0 Å². The molecule has 0 fully saturated rings. The van der Waals surface area contributed by atoms with Crippen molar-refractivity contribution in [3.05, 3.63) is 36.0 Å². The molecular weight excluding hydrogens is 526 g/mol. The van der Waals surface area contributed by atoms with Crippen LogP contribution in [0.4, 0.5) is 0 Å². The van der Waals surface area contributed by atoms with E-state index in [-0.39, 0.29) is 32.1 Å². The number of hydrogen-bond acceptors (Lipinski definition) is 8. The molecule has 0 saturated heterocycles. The van der Waals surface area contributed by atoms with E-state index in [1.54, 1.807) is 6.20 Å². The van der Waals surface area contributed by atoms with Gasteiger partial charge in [-0.1, -0.05) is 18.2 Å². The number of para-hydroxylation sites is 1. The highest BCUT2D eigenvalue weighted by Crippen LogP contribution is 2.19. The summed E-state index contributed by atoms with van der Waals surface area (Å²) in [6.45, 7) is 1.18. The minimum atomic E-state index is -1.64. The number of carboxylic acids is 1. The normalized spacial score (nSPS) is 14.8. The van der Waals surface area contributed by atoms with Gasteiger partial charge in [0.05, 0.1) is 12.1 Å². The molecule has 1 aromatic heterocycles. The molecular formula is C25H35N7O8. The van der Waals surface area contributed by atoms with E-state index < -0.39 is 65.8 Å². The number of benzene rings is 1. The highest BCUT2D eigenvalue weighted by molar-refractivity contribution is 5.95. The first-order valence-corrected chi connectivity index (χ1v) is 12.5. The number of amides is 5. The Morgan fingerprint density at radius 2 is 1.45 bits per heavy atom. The predicted octanol–water partition coefficient (Wildman–Crippen LogP) is -2.51. The van der Waals surface area contributed by atoms with Gasteiger partial charge in [0.2, 0.25) is 29.5 Å².